The largest absolute Gasteiger partial charge is 0.376 e. The van der Waals surface area contributed by atoms with E-state index in [4.69, 9.17) is 18.9 Å². The van der Waals surface area contributed by atoms with Crippen LogP contribution in [-0.2, 0) is 25.6 Å². The fourth-order valence-corrected chi connectivity index (χ4v) is 3.51. The highest BCUT2D eigenvalue weighted by Crippen LogP contribution is 2.31. The van der Waals surface area contributed by atoms with E-state index in [0.29, 0.717) is 33.0 Å². The van der Waals surface area contributed by atoms with E-state index >= 15 is 0 Å². The molecule has 0 aliphatic rings. The standard InChI is InChI=1S/C24H42O4/c1-5-9-10-11-12-16-19-23(21-25-20-22-17-14-13-15-18-22)24(26-6-2,27-7-3)28-8-4/h13-15,17-18,23H,5-12,16,19-21H2,1-4H3. The second-order valence-corrected chi connectivity index (χ2v) is 7.16. The van der Waals surface area contributed by atoms with Crippen LogP contribution in [0.1, 0.15) is 78.2 Å². The molecule has 0 saturated heterocycles. The van der Waals surface area contributed by atoms with Gasteiger partial charge in [0.15, 0.2) is 0 Å². The Labute approximate surface area is 172 Å². The number of hydrogen-bond acceptors (Lipinski definition) is 4. The number of unbranched alkanes of at least 4 members (excludes halogenated alkanes) is 5. The van der Waals surface area contributed by atoms with Gasteiger partial charge in [-0.1, -0.05) is 75.8 Å². The van der Waals surface area contributed by atoms with Crippen LogP contribution in [0.4, 0.5) is 0 Å². The lowest BCUT2D eigenvalue weighted by Crippen LogP contribution is -2.48. The lowest BCUT2D eigenvalue weighted by Gasteiger charge is -2.39. The van der Waals surface area contributed by atoms with Gasteiger partial charge in [-0.05, 0) is 32.8 Å². The van der Waals surface area contributed by atoms with Crippen LogP contribution in [0.5, 0.6) is 0 Å². The van der Waals surface area contributed by atoms with Crippen molar-refractivity contribution in [3.8, 4) is 0 Å². The highest BCUT2D eigenvalue weighted by molar-refractivity contribution is 5.13. The van der Waals surface area contributed by atoms with Crippen LogP contribution in [-0.4, -0.2) is 32.4 Å². The van der Waals surface area contributed by atoms with E-state index in [1.165, 1.54) is 37.7 Å². The fourth-order valence-electron chi connectivity index (χ4n) is 3.51. The minimum Gasteiger partial charge on any atom is -0.376 e. The molecule has 1 aromatic rings. The Morgan fingerprint density at radius 3 is 1.89 bits per heavy atom. The number of hydrogen-bond donors (Lipinski definition) is 0. The molecule has 4 heteroatoms. The predicted molar refractivity (Wildman–Crippen MR) is 115 cm³/mol. The first-order valence-corrected chi connectivity index (χ1v) is 11.3. The van der Waals surface area contributed by atoms with E-state index < -0.39 is 5.97 Å². The fraction of sp³-hybridized carbons (Fsp3) is 0.750. The molecule has 1 aromatic carbocycles. The van der Waals surface area contributed by atoms with Gasteiger partial charge in [0.05, 0.1) is 19.1 Å². The highest BCUT2D eigenvalue weighted by Gasteiger charge is 2.42. The van der Waals surface area contributed by atoms with Gasteiger partial charge in [-0.2, -0.15) is 0 Å². The molecule has 0 saturated carbocycles. The van der Waals surface area contributed by atoms with Gasteiger partial charge >= 0.3 is 0 Å². The molecular weight excluding hydrogens is 352 g/mol. The highest BCUT2D eigenvalue weighted by atomic mass is 16.9. The molecule has 0 aliphatic carbocycles. The molecule has 1 rings (SSSR count). The zero-order valence-corrected chi connectivity index (χ0v) is 18.6. The van der Waals surface area contributed by atoms with Crippen molar-refractivity contribution in [1.82, 2.24) is 0 Å². The monoisotopic (exact) mass is 394 g/mol. The van der Waals surface area contributed by atoms with E-state index in [-0.39, 0.29) is 5.92 Å². The van der Waals surface area contributed by atoms with E-state index in [1.54, 1.807) is 0 Å². The predicted octanol–water partition coefficient (Wildman–Crippen LogP) is 6.33. The Morgan fingerprint density at radius 1 is 0.750 bits per heavy atom. The number of benzene rings is 1. The van der Waals surface area contributed by atoms with Gasteiger partial charge in [0, 0.05) is 19.8 Å². The molecule has 4 nitrogen and oxygen atoms in total. The lowest BCUT2D eigenvalue weighted by molar-refractivity contribution is -0.406. The quantitative estimate of drug-likeness (QED) is 0.215. The molecule has 162 valence electrons. The Hall–Kier alpha value is -0.940. The molecule has 0 N–H and O–H groups in total. The molecule has 0 fully saturated rings. The Balaban J connectivity index is 2.71. The Bertz CT molecular complexity index is 446. The summed E-state index contributed by atoms with van der Waals surface area (Å²) >= 11 is 0. The summed E-state index contributed by atoms with van der Waals surface area (Å²) in [5, 5.41) is 0. The Morgan fingerprint density at radius 2 is 1.32 bits per heavy atom. The van der Waals surface area contributed by atoms with E-state index in [2.05, 4.69) is 19.1 Å². The van der Waals surface area contributed by atoms with Crippen LogP contribution >= 0.6 is 0 Å². The summed E-state index contributed by atoms with van der Waals surface area (Å²) in [5.74, 6) is -0.972. The summed E-state index contributed by atoms with van der Waals surface area (Å²) in [6.07, 6.45) is 8.55. The smallest absolute Gasteiger partial charge is 0.288 e. The zero-order valence-electron chi connectivity index (χ0n) is 18.6. The maximum atomic E-state index is 6.08. The van der Waals surface area contributed by atoms with Crippen molar-refractivity contribution >= 4 is 0 Å². The molecule has 0 aromatic heterocycles. The van der Waals surface area contributed by atoms with Gasteiger partial charge in [-0.15, -0.1) is 0 Å². The van der Waals surface area contributed by atoms with Crippen molar-refractivity contribution in [2.75, 3.05) is 26.4 Å². The summed E-state index contributed by atoms with van der Waals surface area (Å²) in [6, 6.07) is 10.3. The third-order valence-corrected chi connectivity index (χ3v) is 4.87. The van der Waals surface area contributed by atoms with Gasteiger partial charge in [0.25, 0.3) is 5.97 Å². The van der Waals surface area contributed by atoms with Crippen LogP contribution in [0.2, 0.25) is 0 Å². The molecule has 0 aliphatic heterocycles. The van der Waals surface area contributed by atoms with Crippen molar-refractivity contribution in [2.24, 2.45) is 5.92 Å². The average molecular weight is 395 g/mol. The first kappa shape index (κ1) is 25.1. The summed E-state index contributed by atoms with van der Waals surface area (Å²) < 4.78 is 24.2. The summed E-state index contributed by atoms with van der Waals surface area (Å²) in [6.45, 7) is 11.0. The minimum absolute atomic E-state index is 0.0437. The molecular formula is C24H42O4. The van der Waals surface area contributed by atoms with Crippen molar-refractivity contribution < 1.29 is 18.9 Å². The SMILES string of the molecule is CCCCCCCCC(COCc1ccccc1)C(OCC)(OCC)OCC. The van der Waals surface area contributed by atoms with Crippen LogP contribution in [0.3, 0.4) is 0 Å². The summed E-state index contributed by atoms with van der Waals surface area (Å²) in [7, 11) is 0. The topological polar surface area (TPSA) is 36.9 Å². The second kappa shape index (κ2) is 15.9. The van der Waals surface area contributed by atoms with Crippen LogP contribution < -0.4 is 0 Å². The van der Waals surface area contributed by atoms with E-state index in [0.717, 1.165) is 12.8 Å². The lowest BCUT2D eigenvalue weighted by atomic mass is 9.98. The first-order valence-electron chi connectivity index (χ1n) is 11.3. The van der Waals surface area contributed by atoms with Crippen molar-refractivity contribution in [2.45, 2.75) is 85.2 Å². The first-order chi connectivity index (χ1) is 13.7. The zero-order chi connectivity index (χ0) is 20.5. The van der Waals surface area contributed by atoms with Crippen molar-refractivity contribution in [3.63, 3.8) is 0 Å². The normalized spacial score (nSPS) is 13.0. The van der Waals surface area contributed by atoms with Crippen molar-refractivity contribution in [1.29, 1.82) is 0 Å². The summed E-state index contributed by atoms with van der Waals surface area (Å²) in [5.41, 5.74) is 1.18. The molecule has 0 heterocycles. The molecule has 0 radical (unpaired) electrons. The maximum Gasteiger partial charge on any atom is 0.288 e. The molecule has 0 spiro atoms. The van der Waals surface area contributed by atoms with Gasteiger partial charge < -0.3 is 18.9 Å². The summed E-state index contributed by atoms with van der Waals surface area (Å²) in [4.78, 5) is 0. The van der Waals surface area contributed by atoms with Crippen LogP contribution in [0, 0.1) is 5.92 Å². The third-order valence-electron chi connectivity index (χ3n) is 4.87. The van der Waals surface area contributed by atoms with E-state index in [9.17, 15) is 0 Å². The molecule has 0 amide bonds. The molecule has 28 heavy (non-hydrogen) atoms. The van der Waals surface area contributed by atoms with Crippen LogP contribution in [0.15, 0.2) is 30.3 Å². The van der Waals surface area contributed by atoms with Gasteiger partial charge in [0.1, 0.15) is 0 Å². The van der Waals surface area contributed by atoms with Crippen molar-refractivity contribution in [3.05, 3.63) is 35.9 Å². The molecule has 0 bridgehead atoms. The second-order valence-electron chi connectivity index (χ2n) is 7.16. The minimum atomic E-state index is -1.02. The van der Waals surface area contributed by atoms with Gasteiger partial charge in [-0.25, -0.2) is 0 Å². The third kappa shape index (κ3) is 9.51. The van der Waals surface area contributed by atoms with E-state index in [1.807, 2.05) is 39.0 Å². The maximum absolute atomic E-state index is 6.08. The average Bonchev–Trinajstić information content (AvgIpc) is 2.70. The van der Waals surface area contributed by atoms with Crippen LogP contribution in [0.25, 0.3) is 0 Å². The van der Waals surface area contributed by atoms with Gasteiger partial charge in [-0.3, -0.25) is 0 Å². The number of rotatable bonds is 18. The molecule has 1 atom stereocenters. The van der Waals surface area contributed by atoms with Gasteiger partial charge in [0.2, 0.25) is 0 Å². The Kier molecular flexibility index (Phi) is 14.3. The molecule has 1 unspecified atom stereocenters. The number of ether oxygens (including phenoxy) is 4.